The molecule has 0 bridgehead atoms. The lowest BCUT2D eigenvalue weighted by molar-refractivity contribution is 0.104. The van der Waals surface area contributed by atoms with E-state index < -0.39 is 0 Å². The predicted octanol–water partition coefficient (Wildman–Crippen LogP) is 4.35. The van der Waals surface area contributed by atoms with Crippen molar-refractivity contribution in [3.63, 3.8) is 0 Å². The van der Waals surface area contributed by atoms with E-state index in [2.05, 4.69) is 4.98 Å². The molecule has 0 saturated heterocycles. The van der Waals surface area contributed by atoms with Crippen LogP contribution in [0.5, 0.6) is 5.75 Å². The summed E-state index contributed by atoms with van der Waals surface area (Å²) < 4.78 is 0. The highest BCUT2D eigenvalue weighted by atomic mass is 16.3. The molecule has 0 aliphatic rings. The molecule has 2 aromatic carbocycles. The van der Waals surface area contributed by atoms with Crippen molar-refractivity contribution >= 4 is 11.9 Å². The van der Waals surface area contributed by atoms with E-state index >= 15 is 0 Å². The Balaban J connectivity index is 1.88. The first kappa shape index (κ1) is 14.7. The smallest absolute Gasteiger partial charge is 0.185 e. The van der Waals surface area contributed by atoms with Gasteiger partial charge in [-0.05, 0) is 48.0 Å². The molecule has 3 heteroatoms. The summed E-state index contributed by atoms with van der Waals surface area (Å²) in [7, 11) is 0. The number of hydrogen-bond acceptors (Lipinski definition) is 3. The quantitative estimate of drug-likeness (QED) is 0.575. The Hall–Kier alpha value is -3.20. The highest BCUT2D eigenvalue weighted by Gasteiger charge is 2.05. The van der Waals surface area contributed by atoms with Crippen LogP contribution in [0.25, 0.3) is 17.3 Å². The molecule has 1 aromatic heterocycles. The van der Waals surface area contributed by atoms with E-state index in [1.165, 1.54) is 18.2 Å². The van der Waals surface area contributed by atoms with E-state index in [4.69, 9.17) is 0 Å². The number of allylic oxidation sites excluding steroid dienone is 1. The summed E-state index contributed by atoms with van der Waals surface area (Å²) in [6.45, 7) is 0. The molecule has 0 atom stereocenters. The van der Waals surface area contributed by atoms with E-state index in [-0.39, 0.29) is 11.5 Å². The molecule has 1 heterocycles. The van der Waals surface area contributed by atoms with Gasteiger partial charge in [-0.2, -0.15) is 0 Å². The summed E-state index contributed by atoms with van der Waals surface area (Å²) in [6.07, 6.45) is 5.07. The third-order valence-electron chi connectivity index (χ3n) is 3.47. The molecule has 0 aliphatic heterocycles. The van der Waals surface area contributed by atoms with Gasteiger partial charge in [0.2, 0.25) is 0 Å². The fourth-order valence-corrected chi connectivity index (χ4v) is 2.29. The largest absolute Gasteiger partial charge is 0.508 e. The Morgan fingerprint density at radius 1 is 0.913 bits per heavy atom. The van der Waals surface area contributed by atoms with Crippen LogP contribution in [-0.4, -0.2) is 15.9 Å². The van der Waals surface area contributed by atoms with E-state index in [1.54, 1.807) is 24.4 Å². The van der Waals surface area contributed by atoms with Gasteiger partial charge in [0.05, 0.1) is 5.69 Å². The van der Waals surface area contributed by atoms with Gasteiger partial charge in [0, 0.05) is 17.3 Å². The van der Waals surface area contributed by atoms with Crippen LogP contribution in [-0.2, 0) is 0 Å². The standard InChI is InChI=1S/C20H15NO2/c22-17-11-8-16(9-12-17)20(23)13-10-15-5-1-2-6-18(15)19-7-3-4-14-21-19/h1-14,22H/b13-10+. The summed E-state index contributed by atoms with van der Waals surface area (Å²) in [5.41, 5.74) is 3.31. The van der Waals surface area contributed by atoms with E-state index in [0.29, 0.717) is 5.56 Å². The second kappa shape index (κ2) is 6.71. The topological polar surface area (TPSA) is 50.2 Å². The molecule has 3 nitrogen and oxygen atoms in total. The zero-order valence-corrected chi connectivity index (χ0v) is 12.4. The minimum Gasteiger partial charge on any atom is -0.508 e. The maximum atomic E-state index is 12.2. The highest BCUT2D eigenvalue weighted by molar-refractivity contribution is 6.07. The lowest BCUT2D eigenvalue weighted by Gasteiger charge is -2.05. The molecular weight excluding hydrogens is 286 g/mol. The van der Waals surface area contributed by atoms with Crippen LogP contribution < -0.4 is 0 Å². The van der Waals surface area contributed by atoms with Gasteiger partial charge in [0.25, 0.3) is 0 Å². The number of carbonyl (C=O) groups excluding carboxylic acids is 1. The fourth-order valence-electron chi connectivity index (χ4n) is 2.29. The van der Waals surface area contributed by atoms with E-state index in [0.717, 1.165) is 16.8 Å². The summed E-state index contributed by atoms with van der Waals surface area (Å²) >= 11 is 0. The zero-order valence-electron chi connectivity index (χ0n) is 12.4. The Bertz CT molecular complexity index is 837. The molecule has 0 saturated carbocycles. The van der Waals surface area contributed by atoms with Crippen molar-refractivity contribution in [1.82, 2.24) is 4.98 Å². The third-order valence-corrected chi connectivity index (χ3v) is 3.47. The number of phenolic OH excluding ortho intramolecular Hbond substituents is 1. The zero-order chi connectivity index (χ0) is 16.1. The van der Waals surface area contributed by atoms with Gasteiger partial charge in [-0.25, -0.2) is 0 Å². The van der Waals surface area contributed by atoms with Gasteiger partial charge in [-0.3, -0.25) is 9.78 Å². The summed E-state index contributed by atoms with van der Waals surface area (Å²) in [5.74, 6) is 0.0341. The minimum atomic E-state index is -0.110. The van der Waals surface area contributed by atoms with E-state index in [1.807, 2.05) is 42.5 Å². The first-order chi connectivity index (χ1) is 11.2. The van der Waals surface area contributed by atoms with Crippen LogP contribution in [0.3, 0.4) is 0 Å². The van der Waals surface area contributed by atoms with Crippen LogP contribution >= 0.6 is 0 Å². The summed E-state index contributed by atoms with van der Waals surface area (Å²) in [5, 5.41) is 9.27. The Morgan fingerprint density at radius 2 is 1.65 bits per heavy atom. The molecule has 3 rings (SSSR count). The van der Waals surface area contributed by atoms with Gasteiger partial charge in [0.15, 0.2) is 5.78 Å². The van der Waals surface area contributed by atoms with Gasteiger partial charge >= 0.3 is 0 Å². The molecule has 0 amide bonds. The number of benzene rings is 2. The number of aromatic hydroxyl groups is 1. The molecule has 3 aromatic rings. The van der Waals surface area contributed by atoms with Gasteiger partial charge < -0.3 is 5.11 Å². The normalized spacial score (nSPS) is 10.8. The molecule has 0 radical (unpaired) electrons. The number of ketones is 1. The number of carbonyl (C=O) groups is 1. The molecule has 23 heavy (non-hydrogen) atoms. The minimum absolute atomic E-state index is 0.110. The monoisotopic (exact) mass is 301 g/mol. The van der Waals surface area contributed by atoms with Crippen molar-refractivity contribution in [2.75, 3.05) is 0 Å². The molecule has 0 spiro atoms. The first-order valence-electron chi connectivity index (χ1n) is 7.26. The molecule has 112 valence electrons. The third kappa shape index (κ3) is 3.52. The molecular formula is C20H15NO2. The van der Waals surface area contributed by atoms with Crippen LogP contribution in [0.15, 0.2) is 79.0 Å². The van der Waals surface area contributed by atoms with Gasteiger partial charge in [-0.1, -0.05) is 36.4 Å². The van der Waals surface area contributed by atoms with Crippen LogP contribution in [0, 0.1) is 0 Å². The number of pyridine rings is 1. The molecule has 0 unspecified atom stereocenters. The van der Waals surface area contributed by atoms with Crippen LogP contribution in [0.4, 0.5) is 0 Å². The van der Waals surface area contributed by atoms with Crippen LogP contribution in [0.1, 0.15) is 15.9 Å². The lowest BCUT2D eigenvalue weighted by Crippen LogP contribution is -1.93. The average Bonchev–Trinajstić information content (AvgIpc) is 2.61. The maximum absolute atomic E-state index is 12.2. The number of aromatic nitrogens is 1. The van der Waals surface area contributed by atoms with Crippen molar-refractivity contribution in [3.8, 4) is 17.0 Å². The fraction of sp³-hybridized carbons (Fsp3) is 0. The second-order valence-electron chi connectivity index (χ2n) is 5.05. The number of phenols is 1. The van der Waals surface area contributed by atoms with Crippen molar-refractivity contribution in [1.29, 1.82) is 0 Å². The van der Waals surface area contributed by atoms with Crippen molar-refractivity contribution in [3.05, 3.63) is 90.1 Å². The first-order valence-corrected chi connectivity index (χ1v) is 7.26. The van der Waals surface area contributed by atoms with Crippen molar-refractivity contribution in [2.45, 2.75) is 0 Å². The van der Waals surface area contributed by atoms with Gasteiger partial charge in [-0.15, -0.1) is 0 Å². The predicted molar refractivity (Wildman–Crippen MR) is 91.1 cm³/mol. The van der Waals surface area contributed by atoms with Crippen molar-refractivity contribution < 1.29 is 9.90 Å². The molecule has 0 aliphatic carbocycles. The number of rotatable bonds is 4. The van der Waals surface area contributed by atoms with Crippen LogP contribution in [0.2, 0.25) is 0 Å². The second-order valence-corrected chi connectivity index (χ2v) is 5.05. The van der Waals surface area contributed by atoms with Crippen molar-refractivity contribution in [2.24, 2.45) is 0 Å². The molecule has 1 N–H and O–H groups in total. The Morgan fingerprint density at radius 3 is 2.39 bits per heavy atom. The molecule has 0 fully saturated rings. The lowest BCUT2D eigenvalue weighted by atomic mass is 10.0. The highest BCUT2D eigenvalue weighted by Crippen LogP contribution is 2.22. The number of hydrogen-bond donors (Lipinski definition) is 1. The summed E-state index contributed by atoms with van der Waals surface area (Å²) in [4.78, 5) is 16.6. The average molecular weight is 301 g/mol. The number of nitrogens with zero attached hydrogens (tertiary/aromatic N) is 1. The summed E-state index contributed by atoms with van der Waals surface area (Å²) in [6, 6.07) is 19.8. The maximum Gasteiger partial charge on any atom is 0.185 e. The SMILES string of the molecule is O=C(/C=C/c1ccccc1-c1ccccn1)c1ccc(O)cc1. The Kier molecular flexibility index (Phi) is 4.29. The van der Waals surface area contributed by atoms with E-state index in [9.17, 15) is 9.90 Å². The van der Waals surface area contributed by atoms with Gasteiger partial charge in [0.1, 0.15) is 5.75 Å². The Labute approximate surface area is 134 Å².